The minimum atomic E-state index is 0. The number of carbonyl (C=O) groups excluding carboxylic acids is 1. The standard InChI is InChI=1S/C26H43N5O.HI/c1-19(2)29-25(32)23-6-5-7-24(16-23)30-26(27-4)28-17-21-12-14-31(15-13-21)18-22-10-8-20(3)9-11-22;/h8-11,19,21,23-24H,5-7,12-18H2,1-4H3,(H,29,32)(H2,27,28,30);1H. The van der Waals surface area contributed by atoms with Crippen molar-refractivity contribution in [3.05, 3.63) is 35.4 Å². The predicted octanol–water partition coefficient (Wildman–Crippen LogP) is 4.07. The van der Waals surface area contributed by atoms with Gasteiger partial charge in [0.1, 0.15) is 0 Å². The molecule has 3 rings (SSSR count). The molecule has 1 aliphatic heterocycles. The first-order valence-corrected chi connectivity index (χ1v) is 12.5. The molecule has 186 valence electrons. The van der Waals surface area contributed by atoms with Crippen molar-refractivity contribution in [3.8, 4) is 0 Å². The second kappa shape index (κ2) is 14.1. The number of nitrogens with zero attached hydrogens (tertiary/aromatic N) is 2. The van der Waals surface area contributed by atoms with Gasteiger partial charge in [-0.1, -0.05) is 36.2 Å². The molecule has 1 aromatic carbocycles. The van der Waals surface area contributed by atoms with E-state index in [1.54, 1.807) is 0 Å². The highest BCUT2D eigenvalue weighted by Gasteiger charge is 2.28. The molecule has 3 N–H and O–H groups in total. The number of nitrogens with one attached hydrogen (secondary N) is 3. The molecule has 2 unspecified atom stereocenters. The summed E-state index contributed by atoms with van der Waals surface area (Å²) in [5.74, 6) is 1.87. The molecule has 1 amide bonds. The lowest BCUT2D eigenvalue weighted by Gasteiger charge is -2.33. The maximum absolute atomic E-state index is 12.4. The Hall–Kier alpha value is -1.35. The SMILES string of the molecule is CN=C(NCC1CCN(Cc2ccc(C)cc2)CC1)NC1CCCC(C(=O)NC(C)C)C1.I. The van der Waals surface area contributed by atoms with Gasteiger partial charge in [-0.15, -0.1) is 24.0 Å². The van der Waals surface area contributed by atoms with Gasteiger partial charge in [0.15, 0.2) is 5.96 Å². The van der Waals surface area contributed by atoms with E-state index in [4.69, 9.17) is 0 Å². The maximum atomic E-state index is 12.4. The highest BCUT2D eigenvalue weighted by Crippen LogP contribution is 2.25. The van der Waals surface area contributed by atoms with Gasteiger partial charge in [-0.3, -0.25) is 14.7 Å². The fraction of sp³-hybridized carbons (Fsp3) is 0.692. The number of aliphatic imine (C=N–C) groups is 1. The second-order valence-electron chi connectivity index (χ2n) is 10.0. The van der Waals surface area contributed by atoms with Crippen LogP contribution in [0.5, 0.6) is 0 Å². The smallest absolute Gasteiger partial charge is 0.223 e. The number of amides is 1. The van der Waals surface area contributed by atoms with Crippen LogP contribution in [0.2, 0.25) is 0 Å². The Morgan fingerprint density at radius 1 is 1.12 bits per heavy atom. The quantitative estimate of drug-likeness (QED) is 0.263. The molecule has 1 aliphatic carbocycles. The van der Waals surface area contributed by atoms with Crippen LogP contribution in [-0.4, -0.2) is 55.5 Å². The zero-order valence-electron chi connectivity index (χ0n) is 20.9. The number of rotatable bonds is 7. The van der Waals surface area contributed by atoms with E-state index in [0.29, 0.717) is 12.0 Å². The molecule has 2 aliphatic rings. The maximum Gasteiger partial charge on any atom is 0.223 e. The molecule has 7 heteroatoms. The molecule has 0 aromatic heterocycles. The largest absolute Gasteiger partial charge is 0.356 e. The average molecular weight is 570 g/mol. The highest BCUT2D eigenvalue weighted by molar-refractivity contribution is 14.0. The highest BCUT2D eigenvalue weighted by atomic mass is 127. The first kappa shape index (κ1) is 27.9. The third-order valence-corrected chi connectivity index (χ3v) is 6.83. The lowest BCUT2D eigenvalue weighted by molar-refractivity contribution is -0.126. The Morgan fingerprint density at radius 2 is 1.82 bits per heavy atom. The first-order chi connectivity index (χ1) is 15.4. The number of hydrogen-bond donors (Lipinski definition) is 3. The van der Waals surface area contributed by atoms with Crippen LogP contribution < -0.4 is 16.0 Å². The zero-order chi connectivity index (χ0) is 22.9. The summed E-state index contributed by atoms with van der Waals surface area (Å²) < 4.78 is 0. The van der Waals surface area contributed by atoms with Gasteiger partial charge in [0, 0.05) is 38.1 Å². The minimum Gasteiger partial charge on any atom is -0.356 e. The summed E-state index contributed by atoms with van der Waals surface area (Å²) in [6.45, 7) is 10.5. The third-order valence-electron chi connectivity index (χ3n) is 6.83. The molecule has 33 heavy (non-hydrogen) atoms. The molecule has 2 fully saturated rings. The molecular weight excluding hydrogens is 525 g/mol. The van der Waals surface area contributed by atoms with Crippen molar-refractivity contribution >= 4 is 35.8 Å². The van der Waals surface area contributed by atoms with Crippen molar-refractivity contribution < 1.29 is 4.79 Å². The van der Waals surface area contributed by atoms with E-state index in [0.717, 1.165) is 57.8 Å². The van der Waals surface area contributed by atoms with Gasteiger partial charge in [0.05, 0.1) is 0 Å². The Labute approximate surface area is 217 Å². The molecule has 0 radical (unpaired) electrons. The monoisotopic (exact) mass is 569 g/mol. The summed E-state index contributed by atoms with van der Waals surface area (Å²) in [6, 6.07) is 9.43. The predicted molar refractivity (Wildman–Crippen MR) is 148 cm³/mol. The van der Waals surface area contributed by atoms with E-state index in [1.807, 2.05) is 20.9 Å². The number of hydrogen-bond acceptors (Lipinski definition) is 3. The van der Waals surface area contributed by atoms with Crippen LogP contribution in [0.25, 0.3) is 0 Å². The second-order valence-corrected chi connectivity index (χ2v) is 10.0. The molecule has 1 aromatic rings. The summed E-state index contributed by atoms with van der Waals surface area (Å²) >= 11 is 0. The Bertz CT molecular complexity index is 744. The van der Waals surface area contributed by atoms with E-state index >= 15 is 0 Å². The number of likely N-dealkylation sites (tertiary alicyclic amines) is 1. The lowest BCUT2D eigenvalue weighted by Crippen LogP contribution is -2.49. The van der Waals surface area contributed by atoms with Gasteiger partial charge in [-0.2, -0.15) is 0 Å². The van der Waals surface area contributed by atoms with E-state index in [2.05, 4.69) is 57.0 Å². The third kappa shape index (κ3) is 9.43. The molecule has 1 heterocycles. The molecule has 1 saturated carbocycles. The number of piperidine rings is 1. The van der Waals surface area contributed by atoms with Crippen LogP contribution in [0.15, 0.2) is 29.3 Å². The number of benzene rings is 1. The van der Waals surface area contributed by atoms with Gasteiger partial charge in [0.2, 0.25) is 5.91 Å². The first-order valence-electron chi connectivity index (χ1n) is 12.5. The number of halogens is 1. The van der Waals surface area contributed by atoms with Crippen molar-refractivity contribution in [2.75, 3.05) is 26.7 Å². The normalized spacial score (nSPS) is 22.5. The van der Waals surface area contributed by atoms with Gasteiger partial charge in [-0.05, 0) is 77.4 Å². The van der Waals surface area contributed by atoms with Crippen LogP contribution in [0.4, 0.5) is 0 Å². The number of carbonyl (C=O) groups is 1. The topological polar surface area (TPSA) is 68.8 Å². The van der Waals surface area contributed by atoms with E-state index < -0.39 is 0 Å². The van der Waals surface area contributed by atoms with Crippen molar-refractivity contribution in [3.63, 3.8) is 0 Å². The summed E-state index contributed by atoms with van der Waals surface area (Å²) in [5.41, 5.74) is 2.73. The molecular formula is C26H44IN5O. The van der Waals surface area contributed by atoms with Crippen molar-refractivity contribution in [1.82, 2.24) is 20.9 Å². The van der Waals surface area contributed by atoms with Crippen LogP contribution in [0, 0.1) is 18.8 Å². The summed E-state index contributed by atoms with van der Waals surface area (Å²) in [4.78, 5) is 19.4. The Morgan fingerprint density at radius 3 is 2.45 bits per heavy atom. The van der Waals surface area contributed by atoms with Crippen LogP contribution in [0.3, 0.4) is 0 Å². The summed E-state index contributed by atoms with van der Waals surface area (Å²) in [5, 5.41) is 10.2. The van der Waals surface area contributed by atoms with Crippen LogP contribution in [0.1, 0.15) is 63.5 Å². The molecule has 0 bridgehead atoms. The summed E-state index contributed by atoms with van der Waals surface area (Å²) in [7, 11) is 1.84. The zero-order valence-corrected chi connectivity index (χ0v) is 23.2. The fourth-order valence-electron chi connectivity index (χ4n) is 4.89. The van der Waals surface area contributed by atoms with Gasteiger partial charge in [0.25, 0.3) is 0 Å². The van der Waals surface area contributed by atoms with Gasteiger partial charge < -0.3 is 16.0 Å². The van der Waals surface area contributed by atoms with E-state index in [1.165, 1.54) is 24.0 Å². The van der Waals surface area contributed by atoms with Crippen molar-refractivity contribution in [2.45, 2.75) is 77.9 Å². The Balaban J connectivity index is 0.00000385. The average Bonchev–Trinajstić information content (AvgIpc) is 2.79. The Kier molecular flexibility index (Phi) is 12.0. The molecule has 1 saturated heterocycles. The van der Waals surface area contributed by atoms with Crippen molar-refractivity contribution in [1.29, 1.82) is 0 Å². The lowest BCUT2D eigenvalue weighted by atomic mass is 9.85. The minimum absolute atomic E-state index is 0. The van der Waals surface area contributed by atoms with Gasteiger partial charge >= 0.3 is 0 Å². The van der Waals surface area contributed by atoms with E-state index in [9.17, 15) is 4.79 Å². The van der Waals surface area contributed by atoms with Crippen LogP contribution in [-0.2, 0) is 11.3 Å². The van der Waals surface area contributed by atoms with E-state index in [-0.39, 0.29) is 41.8 Å². The number of guanidine groups is 1. The van der Waals surface area contributed by atoms with Crippen LogP contribution >= 0.6 is 24.0 Å². The fourth-order valence-corrected chi connectivity index (χ4v) is 4.89. The van der Waals surface area contributed by atoms with Crippen molar-refractivity contribution in [2.24, 2.45) is 16.8 Å². The number of aryl methyl sites for hydroxylation is 1. The molecule has 6 nitrogen and oxygen atoms in total. The molecule has 0 spiro atoms. The molecule has 2 atom stereocenters. The van der Waals surface area contributed by atoms with Gasteiger partial charge in [-0.25, -0.2) is 0 Å². The summed E-state index contributed by atoms with van der Waals surface area (Å²) in [6.07, 6.45) is 6.50.